The minimum Gasteiger partial charge on any atom is -0.441 e. The Morgan fingerprint density at radius 1 is 0.962 bits per heavy atom. The number of carbonyl (C=O) groups is 1. The summed E-state index contributed by atoms with van der Waals surface area (Å²) < 4.78 is 17.2. The standard InChI is InChI=1S/C20H22N2O4/c23-20(22-15-9-5-2-6-10-15)26-17-13-25-18-16(12-24-19(17)18)21-11-14-7-3-1-4-8-14/h1-10,16-19,21H,11-13H2,(H,22,23)/t16-,17+,18+,19+/m0/s1. The van der Waals surface area contributed by atoms with Crippen molar-refractivity contribution in [3.05, 3.63) is 66.2 Å². The quantitative estimate of drug-likeness (QED) is 0.864. The predicted molar refractivity (Wildman–Crippen MR) is 96.9 cm³/mol. The first-order valence-corrected chi connectivity index (χ1v) is 8.83. The van der Waals surface area contributed by atoms with Gasteiger partial charge in [0.15, 0.2) is 6.10 Å². The molecule has 2 saturated heterocycles. The summed E-state index contributed by atoms with van der Waals surface area (Å²) in [6.45, 7) is 1.64. The first-order chi connectivity index (χ1) is 12.8. The molecular weight excluding hydrogens is 332 g/mol. The van der Waals surface area contributed by atoms with E-state index in [2.05, 4.69) is 22.8 Å². The molecule has 0 bridgehead atoms. The highest BCUT2D eigenvalue weighted by Crippen LogP contribution is 2.29. The number of fused-ring (bicyclic) bond motifs is 1. The number of para-hydroxylation sites is 1. The summed E-state index contributed by atoms with van der Waals surface area (Å²) in [5.74, 6) is 0. The van der Waals surface area contributed by atoms with Gasteiger partial charge in [0.1, 0.15) is 12.2 Å². The van der Waals surface area contributed by atoms with E-state index in [1.165, 1.54) is 5.56 Å². The SMILES string of the molecule is O=C(Nc1ccccc1)O[C@@H]1CO[C@H]2[C@@H]1OC[C@@H]2NCc1ccccc1. The normalized spacial score (nSPS) is 27.1. The van der Waals surface area contributed by atoms with E-state index in [0.717, 1.165) is 6.54 Å². The molecule has 2 fully saturated rings. The molecule has 2 aromatic rings. The largest absolute Gasteiger partial charge is 0.441 e. The lowest BCUT2D eigenvalue weighted by molar-refractivity contribution is 0.00854. The fourth-order valence-electron chi connectivity index (χ4n) is 3.39. The summed E-state index contributed by atoms with van der Waals surface area (Å²) in [6, 6.07) is 19.5. The number of nitrogens with one attached hydrogen (secondary N) is 2. The molecule has 0 radical (unpaired) electrons. The third-order valence-corrected chi connectivity index (χ3v) is 4.70. The Morgan fingerprint density at radius 2 is 1.65 bits per heavy atom. The number of ether oxygens (including phenoxy) is 3. The molecule has 0 aromatic heterocycles. The van der Waals surface area contributed by atoms with Gasteiger partial charge in [0.05, 0.1) is 19.3 Å². The van der Waals surface area contributed by atoms with Crippen molar-refractivity contribution in [3.8, 4) is 0 Å². The zero-order chi connectivity index (χ0) is 17.8. The minimum absolute atomic E-state index is 0.0889. The molecule has 1 amide bonds. The second-order valence-corrected chi connectivity index (χ2v) is 6.50. The van der Waals surface area contributed by atoms with Gasteiger partial charge < -0.3 is 19.5 Å². The van der Waals surface area contributed by atoms with Gasteiger partial charge in [-0.1, -0.05) is 48.5 Å². The second-order valence-electron chi connectivity index (χ2n) is 6.50. The molecule has 0 spiro atoms. The highest BCUT2D eigenvalue weighted by atomic mass is 16.6. The van der Waals surface area contributed by atoms with Crippen LogP contribution in [0.3, 0.4) is 0 Å². The van der Waals surface area contributed by atoms with Crippen LogP contribution in [0.1, 0.15) is 5.56 Å². The third-order valence-electron chi connectivity index (χ3n) is 4.70. The molecule has 2 aliphatic rings. The van der Waals surface area contributed by atoms with Crippen LogP contribution in [0, 0.1) is 0 Å². The molecule has 0 unspecified atom stereocenters. The summed E-state index contributed by atoms with van der Waals surface area (Å²) in [7, 11) is 0. The summed E-state index contributed by atoms with van der Waals surface area (Å²) >= 11 is 0. The number of hydrogen-bond donors (Lipinski definition) is 2. The van der Waals surface area contributed by atoms with Crippen molar-refractivity contribution < 1.29 is 19.0 Å². The van der Waals surface area contributed by atoms with Gasteiger partial charge in [-0.15, -0.1) is 0 Å². The van der Waals surface area contributed by atoms with Crippen LogP contribution in [0.15, 0.2) is 60.7 Å². The number of rotatable bonds is 5. The molecule has 26 heavy (non-hydrogen) atoms. The molecule has 0 saturated carbocycles. The molecule has 4 rings (SSSR count). The van der Waals surface area contributed by atoms with E-state index in [4.69, 9.17) is 14.2 Å². The Labute approximate surface area is 152 Å². The van der Waals surface area contributed by atoms with Gasteiger partial charge in [-0.2, -0.15) is 0 Å². The molecular formula is C20H22N2O4. The van der Waals surface area contributed by atoms with Gasteiger partial charge >= 0.3 is 6.09 Å². The minimum atomic E-state index is -0.491. The summed E-state index contributed by atoms with van der Waals surface area (Å²) in [4.78, 5) is 12.1. The first-order valence-electron chi connectivity index (χ1n) is 8.83. The Hall–Kier alpha value is -2.41. The zero-order valence-corrected chi connectivity index (χ0v) is 14.3. The number of carbonyl (C=O) groups excluding carboxylic acids is 1. The molecule has 0 aliphatic carbocycles. The van der Waals surface area contributed by atoms with Crippen LogP contribution in [0.2, 0.25) is 0 Å². The van der Waals surface area contributed by atoms with Crippen LogP contribution in [-0.4, -0.2) is 43.7 Å². The van der Waals surface area contributed by atoms with Crippen molar-refractivity contribution in [2.45, 2.75) is 30.9 Å². The number of benzene rings is 2. The summed E-state index contributed by atoms with van der Waals surface area (Å²) in [5, 5.41) is 6.20. The Bertz CT molecular complexity index is 725. The van der Waals surface area contributed by atoms with Crippen molar-refractivity contribution in [2.24, 2.45) is 0 Å². The van der Waals surface area contributed by atoms with Crippen LogP contribution in [0.5, 0.6) is 0 Å². The van der Waals surface area contributed by atoms with Crippen LogP contribution in [0.4, 0.5) is 10.5 Å². The van der Waals surface area contributed by atoms with Crippen LogP contribution in [0.25, 0.3) is 0 Å². The van der Waals surface area contributed by atoms with Crippen LogP contribution in [-0.2, 0) is 20.8 Å². The lowest BCUT2D eigenvalue weighted by atomic mass is 10.1. The Balaban J connectivity index is 1.28. The molecule has 4 atom stereocenters. The topological polar surface area (TPSA) is 68.8 Å². The fourth-order valence-corrected chi connectivity index (χ4v) is 3.39. The van der Waals surface area contributed by atoms with E-state index in [1.807, 2.05) is 48.5 Å². The highest BCUT2D eigenvalue weighted by molar-refractivity contribution is 5.84. The fraction of sp³-hybridized carbons (Fsp3) is 0.350. The van der Waals surface area contributed by atoms with E-state index in [-0.39, 0.29) is 18.2 Å². The van der Waals surface area contributed by atoms with Gasteiger partial charge in [-0.25, -0.2) is 4.79 Å². The van der Waals surface area contributed by atoms with Crippen molar-refractivity contribution in [2.75, 3.05) is 18.5 Å². The molecule has 2 N–H and O–H groups in total. The lowest BCUT2D eigenvalue weighted by Crippen LogP contribution is -2.41. The van der Waals surface area contributed by atoms with Crippen molar-refractivity contribution >= 4 is 11.8 Å². The Morgan fingerprint density at radius 3 is 2.42 bits per heavy atom. The molecule has 6 heteroatoms. The first kappa shape index (κ1) is 17.0. The average molecular weight is 354 g/mol. The van der Waals surface area contributed by atoms with Gasteiger partial charge in [0, 0.05) is 12.2 Å². The summed E-state index contributed by atoms with van der Waals surface area (Å²) in [5.41, 5.74) is 1.91. The maximum absolute atomic E-state index is 12.1. The average Bonchev–Trinajstić information content (AvgIpc) is 3.25. The lowest BCUT2D eigenvalue weighted by Gasteiger charge is -2.18. The van der Waals surface area contributed by atoms with E-state index in [9.17, 15) is 4.79 Å². The zero-order valence-electron chi connectivity index (χ0n) is 14.3. The monoisotopic (exact) mass is 354 g/mol. The second kappa shape index (κ2) is 7.86. The predicted octanol–water partition coefficient (Wildman–Crippen LogP) is 2.56. The molecule has 2 aromatic carbocycles. The number of anilines is 1. The van der Waals surface area contributed by atoms with E-state index >= 15 is 0 Å². The van der Waals surface area contributed by atoms with Crippen molar-refractivity contribution in [3.63, 3.8) is 0 Å². The molecule has 2 aliphatic heterocycles. The Kier molecular flexibility index (Phi) is 5.15. The number of hydrogen-bond acceptors (Lipinski definition) is 5. The van der Waals surface area contributed by atoms with Crippen LogP contribution >= 0.6 is 0 Å². The highest BCUT2D eigenvalue weighted by Gasteiger charge is 2.49. The smallest absolute Gasteiger partial charge is 0.412 e. The van der Waals surface area contributed by atoms with E-state index in [0.29, 0.717) is 18.9 Å². The molecule has 136 valence electrons. The third kappa shape index (κ3) is 3.88. The van der Waals surface area contributed by atoms with Gasteiger partial charge in [0.2, 0.25) is 0 Å². The summed E-state index contributed by atoms with van der Waals surface area (Å²) in [6.07, 6.45) is -1.22. The molecule has 2 heterocycles. The maximum atomic E-state index is 12.1. The molecule has 6 nitrogen and oxygen atoms in total. The van der Waals surface area contributed by atoms with E-state index in [1.54, 1.807) is 0 Å². The van der Waals surface area contributed by atoms with E-state index < -0.39 is 12.2 Å². The number of amides is 1. The van der Waals surface area contributed by atoms with Crippen molar-refractivity contribution in [1.82, 2.24) is 5.32 Å². The van der Waals surface area contributed by atoms with Gasteiger partial charge in [0.25, 0.3) is 0 Å². The van der Waals surface area contributed by atoms with Gasteiger partial charge in [-0.3, -0.25) is 5.32 Å². The van der Waals surface area contributed by atoms with Gasteiger partial charge in [-0.05, 0) is 17.7 Å². The van der Waals surface area contributed by atoms with Crippen LogP contribution < -0.4 is 10.6 Å². The van der Waals surface area contributed by atoms with Crippen molar-refractivity contribution in [1.29, 1.82) is 0 Å². The maximum Gasteiger partial charge on any atom is 0.412 e.